The third kappa shape index (κ3) is 8.29. The topological polar surface area (TPSA) is 9.23 Å². The van der Waals surface area contributed by atoms with Crippen molar-refractivity contribution in [2.24, 2.45) is 23.7 Å². The van der Waals surface area contributed by atoms with Gasteiger partial charge in [-0.15, -0.1) is 6.58 Å². The summed E-state index contributed by atoms with van der Waals surface area (Å²) in [5, 5.41) is 0. The Kier molecular flexibility index (Phi) is 10.9. The number of unbranched alkanes of at least 4 members (excludes halogenated alkanes) is 5. The SMILES string of the molecule is C=CCOC[C@H]1CC[C@H](C2CCC(CCCCCCCC)CC2)CC1. The fourth-order valence-electron chi connectivity index (χ4n) is 5.31. The predicted octanol–water partition coefficient (Wildman–Crippen LogP) is 7.55. The van der Waals surface area contributed by atoms with Gasteiger partial charge in [-0.2, -0.15) is 0 Å². The first-order valence-corrected chi connectivity index (χ1v) is 11.5. The summed E-state index contributed by atoms with van der Waals surface area (Å²) in [5.41, 5.74) is 0. The third-order valence-electron chi connectivity index (χ3n) is 7.00. The van der Waals surface area contributed by atoms with Gasteiger partial charge in [0, 0.05) is 6.61 Å². The summed E-state index contributed by atoms with van der Waals surface area (Å²) >= 11 is 0. The molecule has 0 radical (unpaired) electrons. The quantitative estimate of drug-likeness (QED) is 0.261. The Morgan fingerprint density at radius 1 is 0.760 bits per heavy atom. The monoisotopic (exact) mass is 348 g/mol. The smallest absolute Gasteiger partial charge is 0.0644 e. The molecule has 2 aliphatic rings. The van der Waals surface area contributed by atoms with E-state index in [-0.39, 0.29) is 0 Å². The van der Waals surface area contributed by atoms with E-state index in [4.69, 9.17) is 4.74 Å². The highest BCUT2D eigenvalue weighted by Gasteiger charge is 2.30. The molecule has 0 aromatic rings. The molecule has 0 N–H and O–H groups in total. The molecule has 0 saturated heterocycles. The minimum absolute atomic E-state index is 0.725. The van der Waals surface area contributed by atoms with E-state index >= 15 is 0 Å². The summed E-state index contributed by atoms with van der Waals surface area (Å²) in [7, 11) is 0. The van der Waals surface area contributed by atoms with E-state index in [1.54, 1.807) is 0 Å². The van der Waals surface area contributed by atoms with Gasteiger partial charge in [0.1, 0.15) is 0 Å². The van der Waals surface area contributed by atoms with Crippen LogP contribution in [-0.2, 0) is 4.74 Å². The van der Waals surface area contributed by atoms with Crippen LogP contribution in [0.1, 0.15) is 103 Å². The van der Waals surface area contributed by atoms with Crippen molar-refractivity contribution in [3.8, 4) is 0 Å². The van der Waals surface area contributed by atoms with Gasteiger partial charge in [0.2, 0.25) is 0 Å². The van der Waals surface area contributed by atoms with E-state index in [0.717, 1.165) is 36.9 Å². The molecule has 0 atom stereocenters. The van der Waals surface area contributed by atoms with Crippen molar-refractivity contribution in [1.82, 2.24) is 0 Å². The van der Waals surface area contributed by atoms with E-state index in [1.807, 2.05) is 6.08 Å². The number of hydrogen-bond donors (Lipinski definition) is 0. The first-order valence-electron chi connectivity index (χ1n) is 11.5. The molecule has 1 heteroatoms. The summed E-state index contributed by atoms with van der Waals surface area (Å²) < 4.78 is 5.67. The van der Waals surface area contributed by atoms with E-state index in [9.17, 15) is 0 Å². The molecular weight excluding hydrogens is 304 g/mol. The second-order valence-electron chi connectivity index (χ2n) is 8.94. The van der Waals surface area contributed by atoms with Crippen LogP contribution in [0.2, 0.25) is 0 Å². The van der Waals surface area contributed by atoms with Crippen molar-refractivity contribution < 1.29 is 4.74 Å². The normalized spacial score (nSPS) is 30.3. The largest absolute Gasteiger partial charge is 0.377 e. The zero-order chi connectivity index (χ0) is 17.7. The number of hydrogen-bond acceptors (Lipinski definition) is 1. The average Bonchev–Trinajstić information content (AvgIpc) is 2.66. The van der Waals surface area contributed by atoms with Gasteiger partial charge in [-0.1, -0.05) is 70.8 Å². The van der Waals surface area contributed by atoms with Gasteiger partial charge < -0.3 is 4.74 Å². The zero-order valence-corrected chi connectivity index (χ0v) is 17.0. The van der Waals surface area contributed by atoms with Gasteiger partial charge in [0.05, 0.1) is 6.61 Å². The number of rotatable bonds is 12. The van der Waals surface area contributed by atoms with E-state index < -0.39 is 0 Å². The molecule has 0 aromatic heterocycles. The second kappa shape index (κ2) is 13.0. The predicted molar refractivity (Wildman–Crippen MR) is 110 cm³/mol. The van der Waals surface area contributed by atoms with Crippen molar-refractivity contribution >= 4 is 0 Å². The maximum absolute atomic E-state index is 5.67. The van der Waals surface area contributed by atoms with Crippen LogP contribution in [0.25, 0.3) is 0 Å². The highest BCUT2D eigenvalue weighted by molar-refractivity contribution is 4.82. The molecule has 0 aromatic carbocycles. The lowest BCUT2D eigenvalue weighted by molar-refractivity contribution is 0.0779. The summed E-state index contributed by atoms with van der Waals surface area (Å²) in [6.45, 7) is 7.73. The van der Waals surface area contributed by atoms with Gasteiger partial charge in [0.25, 0.3) is 0 Å². The standard InChI is InChI=1S/C24H44O/c1-3-5-6-7-8-9-10-21-11-15-23(16-12-21)24-17-13-22(14-18-24)20-25-19-4-2/h4,21-24H,2-3,5-20H2,1H3/t21?,22-,23?,24-. The van der Waals surface area contributed by atoms with Gasteiger partial charge in [-0.3, -0.25) is 0 Å². The van der Waals surface area contributed by atoms with Crippen molar-refractivity contribution in [3.05, 3.63) is 12.7 Å². The summed E-state index contributed by atoms with van der Waals surface area (Å²) in [5.74, 6) is 3.97. The summed E-state index contributed by atoms with van der Waals surface area (Å²) in [4.78, 5) is 0. The third-order valence-corrected chi connectivity index (χ3v) is 7.00. The maximum Gasteiger partial charge on any atom is 0.0644 e. The lowest BCUT2D eigenvalue weighted by atomic mass is 9.69. The van der Waals surface area contributed by atoms with Crippen molar-refractivity contribution in [1.29, 1.82) is 0 Å². The van der Waals surface area contributed by atoms with Crippen molar-refractivity contribution in [2.45, 2.75) is 103 Å². The minimum Gasteiger partial charge on any atom is -0.377 e. The van der Waals surface area contributed by atoms with Gasteiger partial charge in [-0.05, 0) is 62.2 Å². The molecule has 1 nitrogen and oxygen atoms in total. The number of ether oxygens (including phenoxy) is 1. The van der Waals surface area contributed by atoms with E-state index in [1.165, 1.54) is 96.3 Å². The van der Waals surface area contributed by atoms with E-state index in [0.29, 0.717) is 0 Å². The Bertz CT molecular complexity index is 321. The van der Waals surface area contributed by atoms with Crippen LogP contribution in [-0.4, -0.2) is 13.2 Å². The zero-order valence-electron chi connectivity index (χ0n) is 17.0. The molecule has 146 valence electrons. The molecule has 0 heterocycles. The summed E-state index contributed by atoms with van der Waals surface area (Å²) in [6, 6.07) is 0. The average molecular weight is 349 g/mol. The van der Waals surface area contributed by atoms with Crippen LogP contribution in [0.3, 0.4) is 0 Å². The molecule has 2 aliphatic carbocycles. The van der Waals surface area contributed by atoms with Gasteiger partial charge >= 0.3 is 0 Å². The molecule has 2 saturated carbocycles. The Morgan fingerprint density at radius 2 is 1.32 bits per heavy atom. The molecule has 0 aliphatic heterocycles. The van der Waals surface area contributed by atoms with Crippen LogP contribution in [0.15, 0.2) is 12.7 Å². The highest BCUT2D eigenvalue weighted by atomic mass is 16.5. The molecule has 0 amide bonds. The fourth-order valence-corrected chi connectivity index (χ4v) is 5.31. The maximum atomic E-state index is 5.67. The van der Waals surface area contributed by atoms with Crippen LogP contribution in [0.5, 0.6) is 0 Å². The minimum atomic E-state index is 0.725. The summed E-state index contributed by atoms with van der Waals surface area (Å²) in [6.07, 6.45) is 24.0. The second-order valence-corrected chi connectivity index (χ2v) is 8.94. The molecular formula is C24H44O. The Morgan fingerprint density at radius 3 is 1.92 bits per heavy atom. The lowest BCUT2D eigenvalue weighted by Gasteiger charge is -2.38. The first kappa shape index (κ1) is 21.0. The van der Waals surface area contributed by atoms with Crippen LogP contribution in [0.4, 0.5) is 0 Å². The Balaban J connectivity index is 1.51. The van der Waals surface area contributed by atoms with Crippen LogP contribution < -0.4 is 0 Å². The molecule has 25 heavy (non-hydrogen) atoms. The van der Waals surface area contributed by atoms with Crippen LogP contribution in [0, 0.1) is 23.7 Å². The fraction of sp³-hybridized carbons (Fsp3) is 0.917. The molecule has 0 spiro atoms. The van der Waals surface area contributed by atoms with Gasteiger partial charge in [-0.25, -0.2) is 0 Å². The van der Waals surface area contributed by atoms with Crippen LogP contribution >= 0.6 is 0 Å². The molecule has 0 unspecified atom stereocenters. The first-order chi connectivity index (χ1) is 12.3. The molecule has 2 fully saturated rings. The lowest BCUT2D eigenvalue weighted by Crippen LogP contribution is -2.27. The van der Waals surface area contributed by atoms with Crippen molar-refractivity contribution in [3.63, 3.8) is 0 Å². The highest BCUT2D eigenvalue weighted by Crippen LogP contribution is 2.42. The van der Waals surface area contributed by atoms with Crippen molar-refractivity contribution in [2.75, 3.05) is 13.2 Å². The van der Waals surface area contributed by atoms with Gasteiger partial charge in [0.15, 0.2) is 0 Å². The Hall–Kier alpha value is -0.300. The van der Waals surface area contributed by atoms with E-state index in [2.05, 4.69) is 13.5 Å². The molecule has 2 rings (SSSR count). The Labute approximate surface area is 158 Å². The molecule has 0 bridgehead atoms.